The maximum absolute atomic E-state index is 13.1. The molecule has 0 radical (unpaired) electrons. The second kappa shape index (κ2) is 6.52. The summed E-state index contributed by atoms with van der Waals surface area (Å²) in [5.74, 6) is -0.114. The maximum Gasteiger partial charge on any atom is 0.213 e. The Kier molecular flexibility index (Phi) is 4.05. The number of carbonyl (C=O) groups excluding carboxylic acids is 1. The van der Waals surface area contributed by atoms with Crippen LogP contribution in [-0.4, -0.2) is 15.8 Å². The molecule has 0 spiro atoms. The highest BCUT2D eigenvalue weighted by Gasteiger charge is 2.19. The van der Waals surface area contributed by atoms with Crippen molar-refractivity contribution in [1.29, 1.82) is 0 Å². The Hall–Kier alpha value is -3.33. The van der Waals surface area contributed by atoms with Gasteiger partial charge < -0.3 is 0 Å². The summed E-state index contributed by atoms with van der Waals surface area (Å²) in [4.78, 5) is 22.7. The van der Waals surface area contributed by atoms with Gasteiger partial charge >= 0.3 is 0 Å². The third-order valence-corrected chi connectivity index (χ3v) is 4.58. The fraction of sp³-hybridized carbons (Fsp3) is 0.0870. The Labute approximate surface area is 152 Å². The lowest BCUT2D eigenvalue weighted by Gasteiger charge is -2.11. The van der Waals surface area contributed by atoms with Gasteiger partial charge in [0.25, 0.3) is 0 Å². The van der Waals surface area contributed by atoms with E-state index in [1.807, 2.05) is 79.7 Å². The van der Waals surface area contributed by atoms with E-state index in [4.69, 9.17) is 9.97 Å². The Balaban J connectivity index is 2.00. The monoisotopic (exact) mass is 338 g/mol. The molecule has 3 aromatic carbocycles. The summed E-state index contributed by atoms with van der Waals surface area (Å²) in [6, 6.07) is 23.0. The van der Waals surface area contributed by atoms with Gasteiger partial charge in [0.1, 0.15) is 11.4 Å². The van der Waals surface area contributed by atoms with E-state index in [-0.39, 0.29) is 5.78 Å². The topological polar surface area (TPSA) is 42.9 Å². The molecule has 4 aromatic rings. The number of nitrogens with zero attached hydrogens (tertiary/aromatic N) is 2. The van der Waals surface area contributed by atoms with Crippen LogP contribution >= 0.6 is 0 Å². The van der Waals surface area contributed by atoms with Crippen LogP contribution in [0.5, 0.6) is 0 Å². The van der Waals surface area contributed by atoms with Crippen molar-refractivity contribution >= 4 is 16.8 Å². The molecule has 126 valence electrons. The van der Waals surface area contributed by atoms with Crippen LogP contribution in [0.2, 0.25) is 0 Å². The molecule has 3 heteroatoms. The third kappa shape index (κ3) is 2.88. The van der Waals surface area contributed by atoms with Crippen molar-refractivity contribution in [2.75, 3.05) is 0 Å². The van der Waals surface area contributed by atoms with E-state index in [0.29, 0.717) is 17.0 Å². The van der Waals surface area contributed by atoms with Crippen molar-refractivity contribution in [2.45, 2.75) is 13.8 Å². The molecule has 1 aromatic heterocycles. The van der Waals surface area contributed by atoms with Crippen LogP contribution in [0.25, 0.3) is 22.3 Å². The Morgan fingerprint density at radius 3 is 1.88 bits per heavy atom. The number of fused-ring (bicyclic) bond motifs is 1. The number of benzene rings is 3. The van der Waals surface area contributed by atoms with Crippen molar-refractivity contribution in [2.24, 2.45) is 0 Å². The first-order valence-corrected chi connectivity index (χ1v) is 8.57. The lowest BCUT2D eigenvalue weighted by Crippen LogP contribution is -2.09. The number of aryl methyl sites for hydroxylation is 2. The summed E-state index contributed by atoms with van der Waals surface area (Å²) < 4.78 is 0. The van der Waals surface area contributed by atoms with E-state index >= 15 is 0 Å². The molecule has 0 amide bonds. The van der Waals surface area contributed by atoms with Crippen LogP contribution in [0.1, 0.15) is 27.2 Å². The van der Waals surface area contributed by atoms with Crippen molar-refractivity contribution in [3.05, 3.63) is 95.2 Å². The average Bonchev–Trinajstić information content (AvgIpc) is 2.69. The molecule has 0 saturated carbocycles. The minimum Gasteiger partial charge on any atom is -0.287 e. The number of carbonyl (C=O) groups is 1. The molecule has 0 aliphatic rings. The smallest absolute Gasteiger partial charge is 0.213 e. The molecule has 4 rings (SSSR count). The first-order valence-electron chi connectivity index (χ1n) is 8.57. The molecule has 0 aliphatic heterocycles. The number of ketones is 1. The molecule has 3 nitrogen and oxygen atoms in total. The lowest BCUT2D eigenvalue weighted by molar-refractivity contribution is 0.103. The molecular weight excluding hydrogens is 320 g/mol. The van der Waals surface area contributed by atoms with E-state index in [1.54, 1.807) is 0 Å². The highest BCUT2D eigenvalue weighted by molar-refractivity contribution is 6.11. The van der Waals surface area contributed by atoms with Gasteiger partial charge in [-0.15, -0.1) is 0 Å². The van der Waals surface area contributed by atoms with Crippen LogP contribution in [0, 0.1) is 13.8 Å². The predicted molar refractivity (Wildman–Crippen MR) is 104 cm³/mol. The van der Waals surface area contributed by atoms with Crippen molar-refractivity contribution in [3.8, 4) is 11.3 Å². The number of rotatable bonds is 3. The summed E-state index contributed by atoms with van der Waals surface area (Å²) in [7, 11) is 0. The standard InChI is InChI=1S/C23H18N2O/c1-15-13-19-20(14-16(15)2)25-22(23(26)18-11-7-4-8-12-18)21(24-19)17-9-5-3-6-10-17/h3-14H,1-2H3. The number of aromatic nitrogens is 2. The van der Waals surface area contributed by atoms with Crippen LogP contribution in [0.3, 0.4) is 0 Å². The summed E-state index contributed by atoms with van der Waals surface area (Å²) in [6.45, 7) is 4.10. The van der Waals surface area contributed by atoms with E-state index in [2.05, 4.69) is 6.92 Å². The maximum atomic E-state index is 13.1. The summed E-state index contributed by atoms with van der Waals surface area (Å²) in [5.41, 5.74) is 6.35. The lowest BCUT2D eigenvalue weighted by atomic mass is 10.0. The van der Waals surface area contributed by atoms with Crippen molar-refractivity contribution < 1.29 is 4.79 Å². The Morgan fingerprint density at radius 1 is 0.731 bits per heavy atom. The minimum absolute atomic E-state index is 0.114. The van der Waals surface area contributed by atoms with Gasteiger partial charge in [0.05, 0.1) is 11.0 Å². The zero-order chi connectivity index (χ0) is 18.1. The van der Waals surface area contributed by atoms with Crippen molar-refractivity contribution in [1.82, 2.24) is 9.97 Å². The van der Waals surface area contributed by atoms with Gasteiger partial charge in [-0.05, 0) is 37.1 Å². The van der Waals surface area contributed by atoms with Crippen LogP contribution in [0.15, 0.2) is 72.8 Å². The fourth-order valence-electron chi connectivity index (χ4n) is 2.99. The second-order valence-electron chi connectivity index (χ2n) is 6.41. The van der Waals surface area contributed by atoms with Gasteiger partial charge in [-0.25, -0.2) is 9.97 Å². The van der Waals surface area contributed by atoms with E-state index in [1.165, 1.54) is 0 Å². The fourth-order valence-corrected chi connectivity index (χ4v) is 2.99. The van der Waals surface area contributed by atoms with Gasteiger partial charge in [0, 0.05) is 11.1 Å². The minimum atomic E-state index is -0.114. The quantitative estimate of drug-likeness (QED) is 0.486. The molecule has 0 saturated heterocycles. The summed E-state index contributed by atoms with van der Waals surface area (Å²) in [6.07, 6.45) is 0. The Bertz CT molecular complexity index is 1100. The zero-order valence-electron chi connectivity index (χ0n) is 14.7. The molecule has 0 bridgehead atoms. The molecule has 0 N–H and O–H groups in total. The molecule has 26 heavy (non-hydrogen) atoms. The first kappa shape index (κ1) is 16.2. The average molecular weight is 338 g/mol. The molecule has 0 fully saturated rings. The van der Waals surface area contributed by atoms with Gasteiger partial charge in [-0.2, -0.15) is 0 Å². The van der Waals surface area contributed by atoms with Gasteiger partial charge in [0.2, 0.25) is 5.78 Å². The zero-order valence-corrected chi connectivity index (χ0v) is 14.7. The molecular formula is C23H18N2O. The van der Waals surface area contributed by atoms with Crippen LogP contribution < -0.4 is 0 Å². The van der Waals surface area contributed by atoms with Crippen molar-refractivity contribution in [3.63, 3.8) is 0 Å². The largest absolute Gasteiger partial charge is 0.287 e. The molecule has 0 aliphatic carbocycles. The molecule has 0 atom stereocenters. The SMILES string of the molecule is Cc1cc2nc(C(=O)c3ccccc3)c(-c3ccccc3)nc2cc1C. The second-order valence-corrected chi connectivity index (χ2v) is 6.41. The van der Waals surface area contributed by atoms with E-state index < -0.39 is 0 Å². The van der Waals surface area contributed by atoms with Crippen LogP contribution in [0.4, 0.5) is 0 Å². The molecule has 0 unspecified atom stereocenters. The number of hydrogen-bond acceptors (Lipinski definition) is 3. The van der Waals surface area contributed by atoms with Gasteiger partial charge in [0.15, 0.2) is 0 Å². The first-order chi connectivity index (χ1) is 12.6. The van der Waals surface area contributed by atoms with E-state index in [9.17, 15) is 4.79 Å². The third-order valence-electron chi connectivity index (χ3n) is 4.58. The highest BCUT2D eigenvalue weighted by Crippen LogP contribution is 2.26. The van der Waals surface area contributed by atoms with Gasteiger partial charge in [-0.1, -0.05) is 60.7 Å². The number of hydrogen-bond donors (Lipinski definition) is 0. The van der Waals surface area contributed by atoms with Crippen LogP contribution in [-0.2, 0) is 0 Å². The summed E-state index contributed by atoms with van der Waals surface area (Å²) in [5, 5.41) is 0. The predicted octanol–water partition coefficient (Wildman–Crippen LogP) is 5.14. The normalized spacial score (nSPS) is 10.8. The Morgan fingerprint density at radius 2 is 1.27 bits per heavy atom. The van der Waals surface area contributed by atoms with Gasteiger partial charge in [-0.3, -0.25) is 4.79 Å². The molecule has 1 heterocycles. The summed E-state index contributed by atoms with van der Waals surface area (Å²) >= 11 is 0. The van der Waals surface area contributed by atoms with E-state index in [0.717, 1.165) is 27.7 Å². The highest BCUT2D eigenvalue weighted by atomic mass is 16.1.